The molecule has 0 unspecified atom stereocenters. The molecule has 1 fully saturated rings. The first-order chi connectivity index (χ1) is 20.6. The zero-order valence-electron chi connectivity index (χ0n) is 27.5. The minimum Gasteiger partial charge on any atom is -0.356 e. The smallest absolute Gasteiger partial charge is 0.237 e. The number of anilines is 1. The maximum absolute atomic E-state index is 14.4. The van der Waals surface area contributed by atoms with E-state index in [1.807, 2.05) is 40.0 Å². The van der Waals surface area contributed by atoms with Crippen molar-refractivity contribution >= 4 is 23.4 Å². The Labute approximate surface area is 259 Å². The van der Waals surface area contributed by atoms with Gasteiger partial charge in [0.15, 0.2) is 0 Å². The van der Waals surface area contributed by atoms with E-state index in [0.717, 1.165) is 85.2 Å². The molecule has 2 aliphatic rings. The molecule has 1 aliphatic heterocycles. The van der Waals surface area contributed by atoms with Gasteiger partial charge in [-0.1, -0.05) is 78.3 Å². The number of rotatable bonds is 15. The molecule has 5 heteroatoms. The zero-order chi connectivity index (χ0) is 31.7. The molecule has 3 rings (SSSR count). The molecule has 0 radical (unpaired) electrons. The van der Waals surface area contributed by atoms with Crippen LogP contribution in [-0.2, 0) is 10.2 Å². The Hall–Kier alpha value is -3.47. The van der Waals surface area contributed by atoms with E-state index in [9.17, 15) is 9.18 Å². The van der Waals surface area contributed by atoms with Crippen LogP contribution in [0.5, 0.6) is 0 Å². The molecule has 0 bridgehead atoms. The lowest BCUT2D eigenvalue weighted by molar-refractivity contribution is -0.124. The number of nitrogens with zero attached hydrogens (tertiary/aromatic N) is 2. The van der Waals surface area contributed by atoms with Crippen molar-refractivity contribution in [1.29, 1.82) is 0 Å². The summed E-state index contributed by atoms with van der Waals surface area (Å²) in [5.74, 6) is 0.561. The maximum Gasteiger partial charge on any atom is 0.237 e. The van der Waals surface area contributed by atoms with Gasteiger partial charge in [-0.05, 0) is 105 Å². The summed E-state index contributed by atoms with van der Waals surface area (Å²) in [4.78, 5) is 21.2. The van der Waals surface area contributed by atoms with Crippen LogP contribution in [0.1, 0.15) is 111 Å². The van der Waals surface area contributed by atoms with Crippen molar-refractivity contribution in [2.75, 3.05) is 4.90 Å². The molecule has 1 N–H and O–H groups in total. The standard InChI is InChI=1S/C38H52FN3O/c1-10-16-34(33(39)15-6)41-28(9)27(8)35(40-21-13-4)22-26(7)30-17-18-32-36(25-30)42(31-23-29(14-5)24-31)37(43)38(32,19-11-2)20-12-3/h10,15-18,21-22,25,29,31,41H,6-7,11-14,19-20,23-24H2,1-5,8-9H3/b16-10-,28-27+,34-33-,35-22+,40-21?. The van der Waals surface area contributed by atoms with Gasteiger partial charge in [0.1, 0.15) is 5.83 Å². The van der Waals surface area contributed by atoms with Crippen LogP contribution < -0.4 is 10.2 Å². The molecule has 43 heavy (non-hydrogen) atoms. The van der Waals surface area contributed by atoms with Crippen molar-refractivity contribution in [1.82, 2.24) is 5.32 Å². The molecule has 0 atom stereocenters. The topological polar surface area (TPSA) is 44.7 Å². The van der Waals surface area contributed by atoms with Crippen LogP contribution in [0, 0.1) is 5.92 Å². The molecule has 0 spiro atoms. The van der Waals surface area contributed by atoms with Gasteiger partial charge in [0, 0.05) is 23.6 Å². The Bertz CT molecular complexity index is 1350. The first-order valence-electron chi connectivity index (χ1n) is 16.1. The van der Waals surface area contributed by atoms with Gasteiger partial charge in [0.2, 0.25) is 5.91 Å². The van der Waals surface area contributed by atoms with Crippen LogP contribution in [0.15, 0.2) is 89.1 Å². The number of nitrogens with one attached hydrogen (secondary N) is 1. The average Bonchev–Trinajstić information content (AvgIpc) is 3.20. The SMILES string of the molecule is C=C/C(F)=C(\C=C/C)N/C(C)=C(C)/C(=C\C(=C)c1ccc2c(c1)N(C1CC(CC)C1)C(=O)C2(CCC)CCC)N=CCC. The van der Waals surface area contributed by atoms with Crippen LogP contribution >= 0.6 is 0 Å². The number of hydrogen-bond donors (Lipinski definition) is 1. The fraction of sp³-hybridized carbons (Fsp3) is 0.474. The summed E-state index contributed by atoms with van der Waals surface area (Å²) in [6.07, 6.45) is 16.3. The van der Waals surface area contributed by atoms with Crippen LogP contribution in [0.3, 0.4) is 0 Å². The van der Waals surface area contributed by atoms with E-state index in [0.29, 0.717) is 11.6 Å². The summed E-state index contributed by atoms with van der Waals surface area (Å²) in [5, 5.41) is 3.19. The second-order valence-corrected chi connectivity index (χ2v) is 12.0. The molecule has 1 heterocycles. The quantitative estimate of drug-likeness (QED) is 0.164. The highest BCUT2D eigenvalue weighted by molar-refractivity contribution is 6.09. The number of hydrogen-bond acceptors (Lipinski definition) is 3. The van der Waals surface area contributed by atoms with Gasteiger partial charge in [0.05, 0.1) is 16.8 Å². The van der Waals surface area contributed by atoms with E-state index < -0.39 is 11.2 Å². The minimum absolute atomic E-state index is 0.268. The van der Waals surface area contributed by atoms with Gasteiger partial charge >= 0.3 is 0 Å². The minimum atomic E-state index is -0.441. The fourth-order valence-corrected chi connectivity index (χ4v) is 6.49. The van der Waals surface area contributed by atoms with Gasteiger partial charge in [-0.25, -0.2) is 4.39 Å². The molecule has 1 amide bonds. The van der Waals surface area contributed by atoms with E-state index in [-0.39, 0.29) is 11.9 Å². The monoisotopic (exact) mass is 585 g/mol. The number of benzene rings is 1. The van der Waals surface area contributed by atoms with Crippen molar-refractivity contribution in [3.8, 4) is 0 Å². The molecule has 1 aromatic rings. The highest BCUT2D eigenvalue weighted by Crippen LogP contribution is 2.52. The molecule has 1 aromatic carbocycles. The summed E-state index contributed by atoms with van der Waals surface area (Å²) < 4.78 is 14.4. The Kier molecular flexibility index (Phi) is 12.1. The summed E-state index contributed by atoms with van der Waals surface area (Å²) in [7, 11) is 0. The van der Waals surface area contributed by atoms with Crippen molar-refractivity contribution in [2.24, 2.45) is 10.9 Å². The van der Waals surface area contributed by atoms with Gasteiger partial charge < -0.3 is 10.2 Å². The summed E-state index contributed by atoms with van der Waals surface area (Å²) >= 11 is 0. The van der Waals surface area contributed by atoms with Crippen molar-refractivity contribution in [3.05, 3.63) is 95.3 Å². The second kappa shape index (κ2) is 15.3. The normalized spacial score (nSPS) is 21.1. The van der Waals surface area contributed by atoms with Crippen LogP contribution in [0.2, 0.25) is 0 Å². The number of amides is 1. The molecular weight excluding hydrogens is 533 g/mol. The average molecular weight is 586 g/mol. The molecule has 0 aromatic heterocycles. The Morgan fingerprint density at radius 3 is 2.40 bits per heavy atom. The Balaban J connectivity index is 2.07. The lowest BCUT2D eigenvalue weighted by atomic mass is 9.73. The summed E-state index contributed by atoms with van der Waals surface area (Å²) in [5.41, 5.74) is 6.34. The van der Waals surface area contributed by atoms with Crippen molar-refractivity contribution in [2.45, 2.75) is 111 Å². The third-order valence-electron chi connectivity index (χ3n) is 9.04. The number of halogens is 1. The van der Waals surface area contributed by atoms with E-state index in [4.69, 9.17) is 4.99 Å². The van der Waals surface area contributed by atoms with Crippen molar-refractivity contribution < 1.29 is 9.18 Å². The molecule has 0 saturated heterocycles. The predicted octanol–water partition coefficient (Wildman–Crippen LogP) is 10.3. The van der Waals surface area contributed by atoms with Gasteiger partial charge in [-0.3, -0.25) is 9.79 Å². The Morgan fingerprint density at radius 2 is 1.84 bits per heavy atom. The molecule has 232 valence electrons. The third kappa shape index (κ3) is 7.20. The first-order valence-corrected chi connectivity index (χ1v) is 16.1. The highest BCUT2D eigenvalue weighted by atomic mass is 19.1. The molecule has 1 saturated carbocycles. The number of fused-ring (bicyclic) bond motifs is 1. The number of aliphatic imine (C=N–C) groups is 1. The first kappa shape index (κ1) is 34.0. The predicted molar refractivity (Wildman–Crippen MR) is 183 cm³/mol. The number of carbonyl (C=O) groups is 1. The lowest BCUT2D eigenvalue weighted by Crippen LogP contribution is -2.50. The van der Waals surface area contributed by atoms with Gasteiger partial charge in [-0.2, -0.15) is 0 Å². The second-order valence-electron chi connectivity index (χ2n) is 12.0. The Morgan fingerprint density at radius 1 is 1.16 bits per heavy atom. The van der Waals surface area contributed by atoms with E-state index >= 15 is 0 Å². The lowest BCUT2D eigenvalue weighted by Gasteiger charge is -2.42. The summed E-state index contributed by atoms with van der Waals surface area (Å²) in [6, 6.07) is 6.74. The van der Waals surface area contributed by atoms with Crippen LogP contribution in [-0.4, -0.2) is 18.2 Å². The largest absolute Gasteiger partial charge is 0.356 e. The van der Waals surface area contributed by atoms with Crippen LogP contribution in [0.4, 0.5) is 10.1 Å². The number of carbonyl (C=O) groups excluding carboxylic acids is 1. The van der Waals surface area contributed by atoms with Gasteiger partial charge in [0.25, 0.3) is 0 Å². The molecule has 4 nitrogen and oxygen atoms in total. The van der Waals surface area contributed by atoms with E-state index in [1.54, 1.807) is 12.2 Å². The van der Waals surface area contributed by atoms with E-state index in [1.165, 1.54) is 11.6 Å². The zero-order valence-corrected chi connectivity index (χ0v) is 27.5. The van der Waals surface area contributed by atoms with Gasteiger partial charge in [-0.15, -0.1) is 0 Å². The number of allylic oxidation sites excluding steroid dienone is 8. The molecule has 1 aliphatic carbocycles. The fourth-order valence-electron chi connectivity index (χ4n) is 6.49. The van der Waals surface area contributed by atoms with Crippen molar-refractivity contribution in [3.63, 3.8) is 0 Å². The summed E-state index contributed by atoms with van der Waals surface area (Å²) in [6.45, 7) is 22.4. The highest BCUT2D eigenvalue weighted by Gasteiger charge is 2.52. The molecular formula is C38H52FN3O. The van der Waals surface area contributed by atoms with Crippen LogP contribution in [0.25, 0.3) is 5.57 Å². The maximum atomic E-state index is 14.4. The van der Waals surface area contributed by atoms with E-state index in [2.05, 4.69) is 62.3 Å². The third-order valence-corrected chi connectivity index (χ3v) is 9.04.